The monoisotopic (exact) mass is 421 g/mol. The van der Waals surface area contributed by atoms with Crippen LogP contribution in [0.15, 0.2) is 18.3 Å². The lowest BCUT2D eigenvalue weighted by molar-refractivity contribution is -0.141. The minimum Gasteiger partial charge on any atom is -0.339 e. The van der Waals surface area contributed by atoms with Crippen molar-refractivity contribution in [3.05, 3.63) is 29.6 Å². The molecule has 1 saturated carbocycles. The number of nitriles is 1. The first-order valence-electron chi connectivity index (χ1n) is 10.0. The number of pyridine rings is 1. The number of rotatable bonds is 3. The largest absolute Gasteiger partial charge is 0.433 e. The van der Waals surface area contributed by atoms with Crippen molar-refractivity contribution in [3.8, 4) is 6.07 Å². The van der Waals surface area contributed by atoms with E-state index in [1.165, 1.54) is 0 Å². The molecule has 1 aromatic rings. The summed E-state index contributed by atoms with van der Waals surface area (Å²) in [6.45, 7) is 0.721. The zero-order valence-electron chi connectivity index (χ0n) is 16.2. The van der Waals surface area contributed by atoms with Crippen LogP contribution in [0, 0.1) is 23.2 Å². The average molecular weight is 421 g/mol. The van der Waals surface area contributed by atoms with Crippen molar-refractivity contribution in [2.45, 2.75) is 50.0 Å². The van der Waals surface area contributed by atoms with Gasteiger partial charge in [0.2, 0.25) is 5.91 Å². The van der Waals surface area contributed by atoms with E-state index in [0.29, 0.717) is 38.3 Å². The summed E-state index contributed by atoms with van der Waals surface area (Å²) in [6.07, 6.45) is -0.923. The standard InChI is InChI=1S/C20H22F3N5O2/c21-20(22,23)16-2-1-12(10-26-16)18(29)27-5-3-11(4-6-27)17(25)19(30)28-14(9-24)7-13-8-15(13)28/h1-2,10-11,13-15,17H,3-8,25H2/t13-,14+,15+,17+/m1/s1. The molecular formula is C20H22F3N5O2. The molecule has 4 atom stereocenters. The smallest absolute Gasteiger partial charge is 0.339 e. The van der Waals surface area contributed by atoms with Crippen molar-refractivity contribution >= 4 is 11.8 Å². The average Bonchev–Trinajstić information content (AvgIpc) is 3.41. The van der Waals surface area contributed by atoms with Gasteiger partial charge in [0, 0.05) is 25.3 Å². The first-order chi connectivity index (χ1) is 14.2. The molecule has 2 saturated heterocycles. The molecule has 1 aliphatic carbocycles. The second-order valence-electron chi connectivity index (χ2n) is 8.27. The van der Waals surface area contributed by atoms with Crippen molar-refractivity contribution in [1.82, 2.24) is 14.8 Å². The van der Waals surface area contributed by atoms with Crippen LogP contribution in [0.4, 0.5) is 13.2 Å². The number of amides is 2. The number of alkyl halides is 3. The van der Waals surface area contributed by atoms with E-state index in [1.807, 2.05) is 0 Å². The van der Waals surface area contributed by atoms with E-state index in [1.54, 1.807) is 9.80 Å². The van der Waals surface area contributed by atoms with Crippen LogP contribution in [0.2, 0.25) is 0 Å². The second-order valence-corrected chi connectivity index (χ2v) is 8.27. The number of carbonyl (C=O) groups excluding carboxylic acids is 2. The summed E-state index contributed by atoms with van der Waals surface area (Å²) in [5.74, 6) is -0.269. The van der Waals surface area contributed by atoms with Crippen LogP contribution in [0.25, 0.3) is 0 Å². The summed E-state index contributed by atoms with van der Waals surface area (Å²) in [6, 6.07) is 3.13. The highest BCUT2D eigenvalue weighted by Gasteiger charge is 2.55. The van der Waals surface area contributed by atoms with Gasteiger partial charge in [0.25, 0.3) is 5.91 Å². The minimum atomic E-state index is -4.55. The number of carbonyl (C=O) groups is 2. The van der Waals surface area contributed by atoms with Gasteiger partial charge >= 0.3 is 6.18 Å². The molecule has 0 bridgehead atoms. The number of piperidine rings is 2. The van der Waals surface area contributed by atoms with Gasteiger partial charge in [-0.15, -0.1) is 0 Å². The van der Waals surface area contributed by atoms with Crippen LogP contribution >= 0.6 is 0 Å². The van der Waals surface area contributed by atoms with E-state index < -0.39 is 24.0 Å². The summed E-state index contributed by atoms with van der Waals surface area (Å²) in [7, 11) is 0. The summed E-state index contributed by atoms with van der Waals surface area (Å²) >= 11 is 0. The highest BCUT2D eigenvalue weighted by molar-refractivity contribution is 5.94. The number of nitrogens with zero attached hydrogens (tertiary/aromatic N) is 4. The van der Waals surface area contributed by atoms with Crippen LogP contribution in [-0.2, 0) is 11.0 Å². The van der Waals surface area contributed by atoms with Crippen LogP contribution in [-0.4, -0.2) is 57.8 Å². The van der Waals surface area contributed by atoms with Crippen molar-refractivity contribution in [3.63, 3.8) is 0 Å². The van der Waals surface area contributed by atoms with E-state index in [4.69, 9.17) is 5.73 Å². The van der Waals surface area contributed by atoms with Gasteiger partial charge in [-0.1, -0.05) is 0 Å². The Hall–Kier alpha value is -2.67. The van der Waals surface area contributed by atoms with Gasteiger partial charge in [0.05, 0.1) is 17.7 Å². The fourth-order valence-electron chi connectivity index (χ4n) is 4.60. The molecule has 30 heavy (non-hydrogen) atoms. The lowest BCUT2D eigenvalue weighted by Crippen LogP contribution is -2.53. The van der Waals surface area contributed by atoms with Gasteiger partial charge in [-0.3, -0.25) is 14.6 Å². The number of halogens is 3. The third-order valence-corrected chi connectivity index (χ3v) is 6.43. The molecule has 4 rings (SSSR count). The Balaban J connectivity index is 1.34. The molecule has 0 unspecified atom stereocenters. The topological polar surface area (TPSA) is 103 Å². The zero-order valence-corrected chi connectivity index (χ0v) is 16.2. The number of likely N-dealkylation sites (tertiary alicyclic amines) is 2. The molecule has 160 valence electrons. The van der Waals surface area contributed by atoms with Crippen molar-refractivity contribution in [2.75, 3.05) is 13.1 Å². The number of fused-ring (bicyclic) bond motifs is 1. The Kier molecular flexibility index (Phi) is 5.18. The van der Waals surface area contributed by atoms with Gasteiger partial charge in [0.15, 0.2) is 0 Å². The van der Waals surface area contributed by atoms with Crippen LogP contribution in [0.5, 0.6) is 0 Å². The van der Waals surface area contributed by atoms with Crippen molar-refractivity contribution in [1.29, 1.82) is 5.26 Å². The molecule has 10 heteroatoms. The number of nitrogens with two attached hydrogens (primary N) is 1. The zero-order chi connectivity index (χ0) is 21.6. The predicted octanol–water partition coefficient (Wildman–Crippen LogP) is 1.79. The molecule has 7 nitrogen and oxygen atoms in total. The molecular weight excluding hydrogens is 399 g/mol. The van der Waals surface area contributed by atoms with Gasteiger partial charge in [0.1, 0.15) is 11.7 Å². The van der Waals surface area contributed by atoms with Crippen LogP contribution in [0.3, 0.4) is 0 Å². The Bertz CT molecular complexity index is 874. The number of hydrogen-bond donors (Lipinski definition) is 1. The third-order valence-electron chi connectivity index (χ3n) is 6.43. The number of hydrogen-bond acceptors (Lipinski definition) is 5. The van der Waals surface area contributed by atoms with Gasteiger partial charge in [-0.05, 0) is 49.7 Å². The number of aromatic nitrogens is 1. The van der Waals surface area contributed by atoms with Gasteiger partial charge in [-0.25, -0.2) is 0 Å². The fraction of sp³-hybridized carbons (Fsp3) is 0.600. The summed E-state index contributed by atoms with van der Waals surface area (Å²) in [5, 5.41) is 9.29. The molecule has 3 aliphatic rings. The molecule has 3 fully saturated rings. The predicted molar refractivity (Wildman–Crippen MR) is 98.6 cm³/mol. The Labute approximate surface area is 171 Å². The molecule has 0 spiro atoms. The molecule has 2 N–H and O–H groups in total. The Morgan fingerprint density at radius 3 is 2.50 bits per heavy atom. The van der Waals surface area contributed by atoms with E-state index in [9.17, 15) is 28.0 Å². The van der Waals surface area contributed by atoms with Crippen LogP contribution in [0.1, 0.15) is 41.7 Å². The first kappa shape index (κ1) is 20.6. The lowest BCUT2D eigenvalue weighted by atomic mass is 9.88. The summed E-state index contributed by atoms with van der Waals surface area (Å²) in [4.78, 5) is 32.0. The molecule has 2 aliphatic heterocycles. The summed E-state index contributed by atoms with van der Waals surface area (Å²) < 4.78 is 37.9. The van der Waals surface area contributed by atoms with Crippen molar-refractivity contribution in [2.24, 2.45) is 17.6 Å². The molecule has 3 heterocycles. The maximum Gasteiger partial charge on any atom is 0.433 e. The quantitative estimate of drug-likeness (QED) is 0.802. The highest BCUT2D eigenvalue weighted by atomic mass is 19.4. The second kappa shape index (κ2) is 7.54. The fourth-order valence-corrected chi connectivity index (χ4v) is 4.60. The first-order valence-corrected chi connectivity index (χ1v) is 10.0. The highest BCUT2D eigenvalue weighted by Crippen LogP contribution is 2.48. The van der Waals surface area contributed by atoms with E-state index in [0.717, 1.165) is 24.8 Å². The van der Waals surface area contributed by atoms with Crippen molar-refractivity contribution < 1.29 is 22.8 Å². The third kappa shape index (κ3) is 3.74. The normalized spacial score (nSPS) is 27.4. The Morgan fingerprint density at radius 2 is 1.93 bits per heavy atom. The van der Waals surface area contributed by atoms with Crippen LogP contribution < -0.4 is 5.73 Å². The SMILES string of the molecule is N#C[C@@H]1C[C@@H]2C[C@@H]2N1C(=O)[C@@H](N)C1CCN(C(=O)c2ccc(C(F)(F)F)nc2)CC1. The maximum atomic E-state index is 12.9. The molecule has 2 amide bonds. The van der Waals surface area contributed by atoms with E-state index >= 15 is 0 Å². The summed E-state index contributed by atoms with van der Waals surface area (Å²) in [5.41, 5.74) is 5.29. The minimum absolute atomic E-state index is 0.0931. The molecule has 1 aromatic heterocycles. The Morgan fingerprint density at radius 1 is 1.23 bits per heavy atom. The maximum absolute atomic E-state index is 12.9. The molecule has 0 aromatic carbocycles. The molecule has 0 radical (unpaired) electrons. The van der Waals surface area contributed by atoms with Gasteiger partial charge in [-0.2, -0.15) is 18.4 Å². The van der Waals surface area contributed by atoms with E-state index in [2.05, 4.69) is 11.1 Å². The van der Waals surface area contributed by atoms with E-state index in [-0.39, 0.29) is 29.3 Å². The van der Waals surface area contributed by atoms with Gasteiger partial charge < -0.3 is 15.5 Å². The lowest BCUT2D eigenvalue weighted by Gasteiger charge is -2.36.